The predicted octanol–water partition coefficient (Wildman–Crippen LogP) is 2.26. The van der Waals surface area contributed by atoms with Gasteiger partial charge in [0.15, 0.2) is 0 Å². The van der Waals surface area contributed by atoms with E-state index in [4.69, 9.17) is 4.42 Å². The molecule has 0 radical (unpaired) electrons. The highest BCUT2D eigenvalue weighted by Crippen LogP contribution is 2.39. The summed E-state index contributed by atoms with van der Waals surface area (Å²) in [6.45, 7) is 0. The fourth-order valence-corrected chi connectivity index (χ4v) is 1.97. The Bertz CT molecular complexity index is 502. The lowest BCUT2D eigenvalue weighted by atomic mass is 10.4. The summed E-state index contributed by atoms with van der Waals surface area (Å²) < 4.78 is 5.33. The summed E-state index contributed by atoms with van der Waals surface area (Å²) in [6.07, 6.45) is 2.20. The highest BCUT2D eigenvalue weighted by atomic mass is 32.1. The lowest BCUT2D eigenvalue weighted by Gasteiger charge is -1.95. The van der Waals surface area contributed by atoms with Crippen LogP contribution in [0.15, 0.2) is 21.9 Å². The molecule has 0 saturated heterocycles. The van der Waals surface area contributed by atoms with Crippen LogP contribution in [0, 0.1) is 0 Å². The molecular weight excluding hydrogens is 226 g/mol. The fourth-order valence-electron chi connectivity index (χ4n) is 1.35. The summed E-state index contributed by atoms with van der Waals surface area (Å²) in [6, 6.07) is 3.75. The molecule has 1 saturated carbocycles. The maximum absolute atomic E-state index is 11.6. The Labute approximate surface area is 95.5 Å². The Morgan fingerprint density at radius 2 is 2.38 bits per heavy atom. The van der Waals surface area contributed by atoms with Gasteiger partial charge in [0.25, 0.3) is 5.91 Å². The van der Waals surface area contributed by atoms with E-state index in [2.05, 4.69) is 15.5 Å². The predicted molar refractivity (Wildman–Crippen MR) is 58.5 cm³/mol. The molecule has 16 heavy (non-hydrogen) atoms. The fraction of sp³-hybridized carbons (Fsp3) is 0.300. The molecular formula is C10H9N3O2S. The van der Waals surface area contributed by atoms with Crippen LogP contribution in [0.25, 0.3) is 0 Å². The molecule has 2 aromatic rings. The van der Waals surface area contributed by atoms with Gasteiger partial charge >= 0.3 is 6.01 Å². The summed E-state index contributed by atoms with van der Waals surface area (Å²) in [5, 5.41) is 12.1. The van der Waals surface area contributed by atoms with Gasteiger partial charge in [-0.3, -0.25) is 10.1 Å². The molecule has 0 atom stereocenters. The van der Waals surface area contributed by atoms with E-state index in [0.29, 0.717) is 16.7 Å². The van der Waals surface area contributed by atoms with Crippen LogP contribution in [0.4, 0.5) is 6.01 Å². The van der Waals surface area contributed by atoms with E-state index in [9.17, 15) is 4.79 Å². The van der Waals surface area contributed by atoms with Crippen LogP contribution in [0.5, 0.6) is 0 Å². The average Bonchev–Trinajstić information content (AvgIpc) is 2.82. The molecule has 82 valence electrons. The quantitative estimate of drug-likeness (QED) is 0.886. The number of hydrogen-bond acceptors (Lipinski definition) is 5. The number of nitrogens with one attached hydrogen (secondary N) is 1. The number of aromatic nitrogens is 2. The third kappa shape index (κ3) is 1.83. The first kappa shape index (κ1) is 9.53. The van der Waals surface area contributed by atoms with Gasteiger partial charge < -0.3 is 4.42 Å². The molecule has 1 aliphatic carbocycles. The molecule has 5 nitrogen and oxygen atoms in total. The highest BCUT2D eigenvalue weighted by Gasteiger charge is 2.29. The third-order valence-corrected chi connectivity index (χ3v) is 3.20. The second-order valence-electron chi connectivity index (χ2n) is 3.65. The maximum atomic E-state index is 11.6. The molecule has 1 N–H and O–H groups in total. The Morgan fingerprint density at radius 3 is 3.06 bits per heavy atom. The van der Waals surface area contributed by atoms with Gasteiger partial charge in [0.2, 0.25) is 5.89 Å². The first-order valence-corrected chi connectivity index (χ1v) is 5.89. The smallest absolute Gasteiger partial charge is 0.322 e. The lowest BCUT2D eigenvalue weighted by molar-refractivity contribution is 0.102. The van der Waals surface area contributed by atoms with Crippen molar-refractivity contribution in [2.45, 2.75) is 18.8 Å². The van der Waals surface area contributed by atoms with Crippen molar-refractivity contribution in [1.29, 1.82) is 0 Å². The van der Waals surface area contributed by atoms with Crippen molar-refractivity contribution in [2.75, 3.05) is 5.32 Å². The summed E-state index contributed by atoms with van der Waals surface area (Å²) in [5.74, 6) is 0.822. The van der Waals surface area contributed by atoms with Crippen LogP contribution in [0.2, 0.25) is 0 Å². The first-order chi connectivity index (χ1) is 7.83. The van der Waals surface area contributed by atoms with Crippen LogP contribution >= 0.6 is 11.3 Å². The van der Waals surface area contributed by atoms with E-state index < -0.39 is 0 Å². The topological polar surface area (TPSA) is 68.0 Å². The van der Waals surface area contributed by atoms with E-state index in [-0.39, 0.29) is 11.9 Å². The van der Waals surface area contributed by atoms with Crippen molar-refractivity contribution in [3.63, 3.8) is 0 Å². The molecule has 0 spiro atoms. The summed E-state index contributed by atoms with van der Waals surface area (Å²) in [5.41, 5.74) is 0. The van der Waals surface area contributed by atoms with Crippen molar-refractivity contribution in [2.24, 2.45) is 0 Å². The van der Waals surface area contributed by atoms with Crippen LogP contribution < -0.4 is 5.32 Å². The number of amides is 1. The molecule has 3 rings (SSSR count). The van der Waals surface area contributed by atoms with E-state index in [1.165, 1.54) is 11.3 Å². The van der Waals surface area contributed by atoms with Crippen LogP contribution in [-0.2, 0) is 0 Å². The van der Waals surface area contributed by atoms with E-state index >= 15 is 0 Å². The lowest BCUT2D eigenvalue weighted by Crippen LogP contribution is -2.10. The number of rotatable bonds is 3. The van der Waals surface area contributed by atoms with E-state index in [1.54, 1.807) is 6.07 Å². The Hall–Kier alpha value is -1.69. The van der Waals surface area contributed by atoms with Crippen LogP contribution in [0.3, 0.4) is 0 Å². The number of carbonyl (C=O) groups excluding carboxylic acids is 1. The van der Waals surface area contributed by atoms with Crippen molar-refractivity contribution in [3.05, 3.63) is 28.3 Å². The standard InChI is InChI=1S/C10H9N3O2S/c14-8(7-2-1-5-16-7)11-10-13-12-9(15-10)6-3-4-6/h1-2,5-6H,3-4H2,(H,11,13,14). The molecule has 0 aliphatic heterocycles. The van der Waals surface area contributed by atoms with Crippen molar-refractivity contribution >= 4 is 23.3 Å². The van der Waals surface area contributed by atoms with Gasteiger partial charge in [0.05, 0.1) is 4.88 Å². The van der Waals surface area contributed by atoms with Crippen LogP contribution in [-0.4, -0.2) is 16.1 Å². The van der Waals surface area contributed by atoms with Gasteiger partial charge in [0, 0.05) is 5.92 Å². The summed E-state index contributed by atoms with van der Waals surface area (Å²) >= 11 is 1.37. The minimum atomic E-state index is -0.207. The molecule has 2 aromatic heterocycles. The van der Waals surface area contributed by atoms with Gasteiger partial charge in [-0.1, -0.05) is 11.2 Å². The zero-order valence-electron chi connectivity index (χ0n) is 8.34. The highest BCUT2D eigenvalue weighted by molar-refractivity contribution is 7.12. The molecule has 0 aromatic carbocycles. The normalized spacial score (nSPS) is 15.0. The van der Waals surface area contributed by atoms with Gasteiger partial charge in [-0.25, -0.2) is 0 Å². The minimum absolute atomic E-state index is 0.181. The maximum Gasteiger partial charge on any atom is 0.322 e. The second-order valence-corrected chi connectivity index (χ2v) is 4.60. The van der Waals surface area contributed by atoms with Gasteiger partial charge in [0.1, 0.15) is 0 Å². The number of nitrogens with zero attached hydrogens (tertiary/aromatic N) is 2. The average molecular weight is 235 g/mol. The minimum Gasteiger partial charge on any atom is -0.408 e. The summed E-state index contributed by atoms with van der Waals surface area (Å²) in [7, 11) is 0. The zero-order chi connectivity index (χ0) is 11.0. The van der Waals surface area contributed by atoms with Gasteiger partial charge in [-0.2, -0.15) is 0 Å². The molecule has 1 amide bonds. The monoisotopic (exact) mass is 235 g/mol. The van der Waals surface area contributed by atoms with Crippen molar-refractivity contribution in [1.82, 2.24) is 10.2 Å². The summed E-state index contributed by atoms with van der Waals surface area (Å²) in [4.78, 5) is 12.3. The molecule has 6 heteroatoms. The van der Waals surface area contributed by atoms with Crippen LogP contribution in [0.1, 0.15) is 34.3 Å². The Morgan fingerprint density at radius 1 is 1.50 bits per heavy atom. The van der Waals surface area contributed by atoms with Gasteiger partial charge in [-0.05, 0) is 24.3 Å². The molecule has 1 aliphatic rings. The second kappa shape index (κ2) is 3.71. The Balaban J connectivity index is 1.71. The molecule has 0 bridgehead atoms. The van der Waals surface area contributed by atoms with E-state index in [1.807, 2.05) is 11.4 Å². The number of carbonyl (C=O) groups is 1. The van der Waals surface area contributed by atoms with Crippen molar-refractivity contribution in [3.8, 4) is 0 Å². The van der Waals surface area contributed by atoms with Gasteiger partial charge in [-0.15, -0.1) is 16.4 Å². The first-order valence-electron chi connectivity index (χ1n) is 5.01. The molecule has 1 fully saturated rings. The number of hydrogen-bond donors (Lipinski definition) is 1. The van der Waals surface area contributed by atoms with Crippen molar-refractivity contribution < 1.29 is 9.21 Å². The zero-order valence-corrected chi connectivity index (χ0v) is 9.16. The Kier molecular flexibility index (Phi) is 2.21. The molecule has 0 unspecified atom stereocenters. The largest absolute Gasteiger partial charge is 0.408 e. The SMILES string of the molecule is O=C(Nc1nnc(C2CC2)o1)c1cccs1. The molecule has 2 heterocycles. The third-order valence-electron chi connectivity index (χ3n) is 2.33. The van der Waals surface area contributed by atoms with E-state index in [0.717, 1.165) is 12.8 Å². The number of anilines is 1. The number of thiophene rings is 1.